The smallest absolute Gasteiger partial charge is 0.264 e. The Morgan fingerprint density at radius 2 is 1.96 bits per heavy atom. The van der Waals surface area contributed by atoms with Crippen molar-refractivity contribution in [2.24, 2.45) is 0 Å². The van der Waals surface area contributed by atoms with Crippen LogP contribution >= 0.6 is 22.9 Å². The predicted octanol–water partition coefficient (Wildman–Crippen LogP) is 4.54. The van der Waals surface area contributed by atoms with Crippen molar-refractivity contribution in [2.75, 3.05) is 11.9 Å². The predicted molar refractivity (Wildman–Crippen MR) is 96.9 cm³/mol. The summed E-state index contributed by atoms with van der Waals surface area (Å²) < 4.78 is 18.6. The van der Waals surface area contributed by atoms with E-state index in [1.807, 2.05) is 24.3 Å². The Kier molecular flexibility index (Phi) is 5.63. The van der Waals surface area contributed by atoms with Crippen molar-refractivity contribution >= 4 is 34.0 Å². The zero-order chi connectivity index (χ0) is 17.6. The SMILES string of the molecule is O=C(COc1ccccc1F)Nc1ncc(Cc2ccc(Cl)cc2)s1. The summed E-state index contributed by atoms with van der Waals surface area (Å²) in [6.45, 7) is -0.285. The molecule has 0 aliphatic rings. The number of benzene rings is 2. The third-order valence-corrected chi connectivity index (χ3v) is 4.45. The van der Waals surface area contributed by atoms with E-state index in [1.54, 1.807) is 18.3 Å². The van der Waals surface area contributed by atoms with E-state index >= 15 is 0 Å². The fourth-order valence-corrected chi connectivity index (χ4v) is 3.10. The molecule has 0 radical (unpaired) electrons. The van der Waals surface area contributed by atoms with Gasteiger partial charge in [0, 0.05) is 22.5 Å². The van der Waals surface area contributed by atoms with Crippen LogP contribution in [-0.2, 0) is 11.2 Å². The minimum Gasteiger partial charge on any atom is -0.481 e. The molecule has 1 amide bonds. The molecule has 1 heterocycles. The van der Waals surface area contributed by atoms with E-state index in [0.29, 0.717) is 16.6 Å². The normalized spacial score (nSPS) is 10.5. The summed E-state index contributed by atoms with van der Waals surface area (Å²) in [5.74, 6) is -0.856. The van der Waals surface area contributed by atoms with Crippen molar-refractivity contribution in [3.8, 4) is 5.75 Å². The van der Waals surface area contributed by atoms with Gasteiger partial charge in [0.05, 0.1) is 0 Å². The van der Waals surface area contributed by atoms with Crippen molar-refractivity contribution in [1.29, 1.82) is 0 Å². The van der Waals surface area contributed by atoms with Crippen molar-refractivity contribution in [2.45, 2.75) is 6.42 Å². The molecule has 25 heavy (non-hydrogen) atoms. The van der Waals surface area contributed by atoms with E-state index in [2.05, 4.69) is 10.3 Å². The minimum atomic E-state index is -0.505. The number of aromatic nitrogens is 1. The Bertz CT molecular complexity index is 868. The van der Waals surface area contributed by atoms with E-state index in [0.717, 1.165) is 10.4 Å². The maximum absolute atomic E-state index is 13.4. The van der Waals surface area contributed by atoms with E-state index in [1.165, 1.54) is 23.5 Å². The van der Waals surface area contributed by atoms with Gasteiger partial charge in [-0.1, -0.05) is 35.9 Å². The highest BCUT2D eigenvalue weighted by Gasteiger charge is 2.09. The maximum Gasteiger partial charge on any atom is 0.264 e. The molecule has 0 bridgehead atoms. The Morgan fingerprint density at radius 3 is 2.72 bits per heavy atom. The number of amides is 1. The average molecular weight is 377 g/mol. The molecule has 3 aromatic rings. The third-order valence-electron chi connectivity index (χ3n) is 3.29. The van der Waals surface area contributed by atoms with Crippen molar-refractivity contribution in [3.63, 3.8) is 0 Å². The first kappa shape index (κ1) is 17.4. The Morgan fingerprint density at radius 1 is 1.20 bits per heavy atom. The summed E-state index contributed by atoms with van der Waals surface area (Å²) in [5, 5.41) is 3.82. The van der Waals surface area contributed by atoms with Gasteiger partial charge in [-0.05, 0) is 29.8 Å². The quantitative estimate of drug-likeness (QED) is 0.687. The first-order chi connectivity index (χ1) is 12.1. The molecule has 0 fully saturated rings. The van der Waals surface area contributed by atoms with Crippen LogP contribution in [0.5, 0.6) is 5.75 Å². The zero-order valence-corrected chi connectivity index (χ0v) is 14.6. The largest absolute Gasteiger partial charge is 0.481 e. The first-order valence-electron chi connectivity index (χ1n) is 7.46. The monoisotopic (exact) mass is 376 g/mol. The molecule has 7 heteroatoms. The van der Waals surface area contributed by atoms with Crippen LogP contribution in [0.1, 0.15) is 10.4 Å². The van der Waals surface area contributed by atoms with Gasteiger partial charge in [-0.15, -0.1) is 11.3 Å². The highest BCUT2D eigenvalue weighted by Crippen LogP contribution is 2.22. The summed E-state index contributed by atoms with van der Waals surface area (Å²) in [4.78, 5) is 17.1. The third kappa shape index (κ3) is 5.01. The molecule has 0 aliphatic heterocycles. The highest BCUT2D eigenvalue weighted by atomic mass is 35.5. The van der Waals surface area contributed by atoms with Gasteiger partial charge in [-0.3, -0.25) is 10.1 Å². The van der Waals surface area contributed by atoms with Crippen molar-refractivity contribution in [3.05, 3.63) is 76.0 Å². The van der Waals surface area contributed by atoms with Gasteiger partial charge in [0.25, 0.3) is 5.91 Å². The van der Waals surface area contributed by atoms with Gasteiger partial charge in [-0.25, -0.2) is 9.37 Å². The molecule has 0 unspecified atom stereocenters. The fourth-order valence-electron chi connectivity index (χ4n) is 2.11. The number of carbonyl (C=O) groups is 1. The van der Waals surface area contributed by atoms with Gasteiger partial charge < -0.3 is 4.74 Å². The molecule has 1 aromatic heterocycles. The van der Waals surface area contributed by atoms with Crippen LogP contribution in [-0.4, -0.2) is 17.5 Å². The van der Waals surface area contributed by atoms with Gasteiger partial charge in [-0.2, -0.15) is 0 Å². The summed E-state index contributed by atoms with van der Waals surface area (Å²) in [7, 11) is 0. The van der Waals surface area contributed by atoms with E-state index in [4.69, 9.17) is 16.3 Å². The fraction of sp³-hybridized carbons (Fsp3) is 0.111. The zero-order valence-electron chi connectivity index (χ0n) is 13.0. The number of rotatable bonds is 6. The Balaban J connectivity index is 1.53. The molecular formula is C18H14ClFN2O2S. The molecule has 3 rings (SSSR count). The van der Waals surface area contributed by atoms with Crippen LogP contribution < -0.4 is 10.1 Å². The molecule has 2 aromatic carbocycles. The number of hydrogen-bond donors (Lipinski definition) is 1. The highest BCUT2D eigenvalue weighted by molar-refractivity contribution is 7.15. The summed E-state index contributed by atoms with van der Waals surface area (Å²) in [5.41, 5.74) is 1.11. The van der Waals surface area contributed by atoms with E-state index < -0.39 is 11.7 Å². The number of hydrogen-bond acceptors (Lipinski definition) is 4. The lowest BCUT2D eigenvalue weighted by molar-refractivity contribution is -0.118. The van der Waals surface area contributed by atoms with Gasteiger partial charge in [0.2, 0.25) is 0 Å². The number of halogens is 2. The second kappa shape index (κ2) is 8.09. The number of carbonyl (C=O) groups excluding carboxylic acids is 1. The number of nitrogens with one attached hydrogen (secondary N) is 1. The summed E-state index contributed by atoms with van der Waals surface area (Å²) in [6.07, 6.45) is 2.42. The summed E-state index contributed by atoms with van der Waals surface area (Å²) >= 11 is 7.25. The topological polar surface area (TPSA) is 51.2 Å². The van der Waals surface area contributed by atoms with Crippen molar-refractivity contribution in [1.82, 2.24) is 4.98 Å². The molecular weight excluding hydrogens is 363 g/mol. The Hall–Kier alpha value is -2.44. The molecule has 1 N–H and O–H groups in total. The average Bonchev–Trinajstić information content (AvgIpc) is 3.03. The standard InChI is InChI=1S/C18H14ClFN2O2S/c19-13-7-5-12(6-8-13)9-14-10-21-18(25-14)22-17(23)11-24-16-4-2-1-3-15(16)20/h1-8,10H,9,11H2,(H,21,22,23). The molecule has 0 saturated heterocycles. The van der Waals surface area contributed by atoms with E-state index in [-0.39, 0.29) is 12.4 Å². The van der Waals surface area contributed by atoms with Crippen LogP contribution in [0.15, 0.2) is 54.7 Å². The van der Waals surface area contributed by atoms with Gasteiger partial charge >= 0.3 is 0 Å². The van der Waals surface area contributed by atoms with Crippen LogP contribution in [0.2, 0.25) is 5.02 Å². The van der Waals surface area contributed by atoms with Crippen LogP contribution in [0, 0.1) is 5.82 Å². The van der Waals surface area contributed by atoms with Crippen LogP contribution in [0.25, 0.3) is 0 Å². The minimum absolute atomic E-state index is 0.0419. The maximum atomic E-state index is 13.4. The molecule has 4 nitrogen and oxygen atoms in total. The number of thiazole rings is 1. The Labute approximate surface area is 153 Å². The van der Waals surface area contributed by atoms with Crippen LogP contribution in [0.3, 0.4) is 0 Å². The second-order valence-electron chi connectivity index (χ2n) is 5.20. The number of anilines is 1. The van der Waals surface area contributed by atoms with Crippen LogP contribution in [0.4, 0.5) is 9.52 Å². The van der Waals surface area contributed by atoms with Gasteiger partial charge in [0.15, 0.2) is 23.3 Å². The molecule has 0 atom stereocenters. The van der Waals surface area contributed by atoms with Gasteiger partial charge in [0.1, 0.15) is 0 Å². The summed E-state index contributed by atoms with van der Waals surface area (Å²) in [6, 6.07) is 13.5. The van der Waals surface area contributed by atoms with Crippen molar-refractivity contribution < 1.29 is 13.9 Å². The second-order valence-corrected chi connectivity index (χ2v) is 6.75. The lowest BCUT2D eigenvalue weighted by atomic mass is 10.1. The van der Waals surface area contributed by atoms with E-state index in [9.17, 15) is 9.18 Å². The first-order valence-corrected chi connectivity index (χ1v) is 8.66. The number of para-hydroxylation sites is 1. The molecule has 128 valence electrons. The number of ether oxygens (including phenoxy) is 1. The lowest BCUT2D eigenvalue weighted by Gasteiger charge is -2.06. The molecule has 0 aliphatic carbocycles. The molecule has 0 spiro atoms. The lowest BCUT2D eigenvalue weighted by Crippen LogP contribution is -2.20. The number of nitrogens with zero attached hydrogens (tertiary/aromatic N) is 1. The molecule has 0 saturated carbocycles.